The summed E-state index contributed by atoms with van der Waals surface area (Å²) in [6, 6.07) is 3.94. The smallest absolute Gasteiger partial charge is 0.124 e. The molecule has 2 heterocycles. The fraction of sp³-hybridized carbons (Fsp3) is 0. The van der Waals surface area contributed by atoms with E-state index in [1.54, 1.807) is 11.3 Å². The van der Waals surface area contributed by atoms with Gasteiger partial charge in [-0.2, -0.15) is 8.75 Å². The van der Waals surface area contributed by atoms with Gasteiger partial charge >= 0.3 is 0 Å². The fourth-order valence-corrected chi connectivity index (χ4v) is 2.55. The van der Waals surface area contributed by atoms with Crippen molar-refractivity contribution in [1.29, 1.82) is 0 Å². The maximum atomic E-state index is 4.22. The molecular weight excluding hydrogens is 190 g/mol. The summed E-state index contributed by atoms with van der Waals surface area (Å²) in [5.74, 6) is 0. The second-order valence-electron chi connectivity index (χ2n) is 2.40. The Bertz CT molecular complexity index is 490. The molecule has 3 nitrogen and oxygen atoms in total. The Morgan fingerprint density at radius 3 is 3.00 bits per heavy atom. The van der Waals surface area contributed by atoms with Gasteiger partial charge in [0.2, 0.25) is 0 Å². The van der Waals surface area contributed by atoms with Crippen molar-refractivity contribution < 1.29 is 0 Å². The molecule has 58 valence electrons. The lowest BCUT2D eigenvalue weighted by molar-refractivity contribution is 1.50. The highest BCUT2D eigenvalue weighted by atomic mass is 32.1. The Balaban J connectivity index is 2.71. The molecule has 1 aromatic carbocycles. The van der Waals surface area contributed by atoms with Crippen molar-refractivity contribution in [3.05, 3.63) is 17.6 Å². The topological polar surface area (TPSA) is 38.7 Å². The standard InChI is InChI=1S/C7H3N3S2/c1-2-5-7(11-3-8-5)6-4(1)9-12-10-6/h1-3H. The molecule has 0 aliphatic rings. The number of thiazole rings is 1. The zero-order valence-corrected chi connectivity index (χ0v) is 7.52. The van der Waals surface area contributed by atoms with E-state index in [0.717, 1.165) is 21.3 Å². The third kappa shape index (κ3) is 0.720. The largest absolute Gasteiger partial charge is 0.245 e. The first-order valence-electron chi connectivity index (χ1n) is 3.39. The van der Waals surface area contributed by atoms with Crippen LogP contribution in [-0.2, 0) is 0 Å². The van der Waals surface area contributed by atoms with E-state index in [4.69, 9.17) is 0 Å². The van der Waals surface area contributed by atoms with Crippen molar-refractivity contribution in [2.45, 2.75) is 0 Å². The lowest BCUT2D eigenvalue weighted by Gasteiger charge is -1.86. The number of rotatable bonds is 0. The van der Waals surface area contributed by atoms with Crippen LogP contribution < -0.4 is 0 Å². The lowest BCUT2D eigenvalue weighted by Crippen LogP contribution is -1.70. The summed E-state index contributed by atoms with van der Waals surface area (Å²) in [4.78, 5) is 4.20. The van der Waals surface area contributed by atoms with Gasteiger partial charge in [0.15, 0.2) is 0 Å². The van der Waals surface area contributed by atoms with Gasteiger partial charge in [-0.25, -0.2) is 4.98 Å². The molecule has 2 aromatic heterocycles. The van der Waals surface area contributed by atoms with Crippen LogP contribution in [0.2, 0.25) is 0 Å². The van der Waals surface area contributed by atoms with Crippen molar-refractivity contribution in [2.75, 3.05) is 0 Å². The van der Waals surface area contributed by atoms with Crippen molar-refractivity contribution in [1.82, 2.24) is 13.7 Å². The summed E-state index contributed by atoms with van der Waals surface area (Å²) in [7, 11) is 0. The minimum absolute atomic E-state index is 0.969. The number of nitrogens with zero attached hydrogens (tertiary/aromatic N) is 3. The minimum atomic E-state index is 0.969. The average Bonchev–Trinajstić information content (AvgIpc) is 2.71. The van der Waals surface area contributed by atoms with Crippen LogP contribution in [0.1, 0.15) is 0 Å². The first-order chi connectivity index (χ1) is 5.95. The zero-order chi connectivity index (χ0) is 7.97. The molecule has 12 heavy (non-hydrogen) atoms. The molecule has 0 spiro atoms. The second kappa shape index (κ2) is 2.21. The second-order valence-corrected chi connectivity index (χ2v) is 3.78. The molecular formula is C7H3N3S2. The third-order valence-electron chi connectivity index (χ3n) is 1.72. The van der Waals surface area contributed by atoms with Gasteiger partial charge in [-0.3, -0.25) is 0 Å². The molecule has 0 saturated heterocycles. The summed E-state index contributed by atoms with van der Waals surface area (Å²) >= 11 is 2.86. The fourth-order valence-electron chi connectivity index (χ4n) is 1.17. The first-order valence-corrected chi connectivity index (χ1v) is 5.00. The van der Waals surface area contributed by atoms with Gasteiger partial charge in [0, 0.05) is 0 Å². The average molecular weight is 193 g/mol. The predicted octanol–water partition coefficient (Wildman–Crippen LogP) is 2.30. The van der Waals surface area contributed by atoms with Crippen molar-refractivity contribution in [2.24, 2.45) is 0 Å². The van der Waals surface area contributed by atoms with Crippen LogP contribution in [0, 0.1) is 0 Å². The van der Waals surface area contributed by atoms with Crippen LogP contribution >= 0.6 is 23.1 Å². The van der Waals surface area contributed by atoms with Crippen molar-refractivity contribution >= 4 is 44.3 Å². The van der Waals surface area contributed by atoms with E-state index in [2.05, 4.69) is 13.7 Å². The number of benzene rings is 1. The van der Waals surface area contributed by atoms with Gasteiger partial charge in [0.05, 0.1) is 27.5 Å². The van der Waals surface area contributed by atoms with Gasteiger partial charge in [-0.1, -0.05) is 0 Å². The summed E-state index contributed by atoms with van der Waals surface area (Å²) in [6.45, 7) is 0. The maximum Gasteiger partial charge on any atom is 0.124 e. The van der Waals surface area contributed by atoms with Crippen molar-refractivity contribution in [3.63, 3.8) is 0 Å². The highest BCUT2D eigenvalue weighted by Gasteiger charge is 2.05. The van der Waals surface area contributed by atoms with E-state index in [9.17, 15) is 0 Å². The third-order valence-corrected chi connectivity index (χ3v) is 3.11. The molecule has 0 aliphatic heterocycles. The molecule has 0 bridgehead atoms. The summed E-state index contributed by atoms with van der Waals surface area (Å²) in [5.41, 5.74) is 4.81. The summed E-state index contributed by atoms with van der Waals surface area (Å²) in [6.07, 6.45) is 0. The van der Waals surface area contributed by atoms with Crippen LogP contribution in [0.5, 0.6) is 0 Å². The van der Waals surface area contributed by atoms with Gasteiger partial charge in [0.1, 0.15) is 11.0 Å². The predicted molar refractivity (Wildman–Crippen MR) is 50.6 cm³/mol. The molecule has 0 aliphatic carbocycles. The Morgan fingerprint density at radius 1 is 1.08 bits per heavy atom. The molecule has 0 N–H and O–H groups in total. The Morgan fingerprint density at radius 2 is 2.00 bits per heavy atom. The molecule has 0 atom stereocenters. The van der Waals surface area contributed by atoms with E-state index in [-0.39, 0.29) is 0 Å². The van der Waals surface area contributed by atoms with E-state index in [0.29, 0.717) is 0 Å². The molecule has 3 rings (SSSR count). The summed E-state index contributed by atoms with van der Waals surface area (Å²) in [5, 5.41) is 0. The number of hydrogen-bond donors (Lipinski definition) is 0. The quantitative estimate of drug-likeness (QED) is 0.550. The van der Waals surface area contributed by atoms with Crippen LogP contribution in [0.15, 0.2) is 17.6 Å². The molecule has 3 aromatic rings. The number of aromatic nitrogens is 3. The van der Waals surface area contributed by atoms with E-state index < -0.39 is 0 Å². The number of hydrogen-bond acceptors (Lipinski definition) is 5. The number of fused-ring (bicyclic) bond motifs is 3. The van der Waals surface area contributed by atoms with Gasteiger partial charge in [-0.05, 0) is 12.1 Å². The van der Waals surface area contributed by atoms with Crippen LogP contribution in [0.25, 0.3) is 21.3 Å². The first kappa shape index (κ1) is 6.45. The van der Waals surface area contributed by atoms with Gasteiger partial charge in [0.25, 0.3) is 0 Å². The van der Waals surface area contributed by atoms with Crippen LogP contribution in [0.4, 0.5) is 0 Å². The van der Waals surface area contributed by atoms with E-state index in [1.807, 2.05) is 17.6 Å². The molecule has 5 heteroatoms. The molecule has 0 saturated carbocycles. The van der Waals surface area contributed by atoms with Gasteiger partial charge < -0.3 is 0 Å². The van der Waals surface area contributed by atoms with E-state index in [1.165, 1.54) is 11.7 Å². The monoisotopic (exact) mass is 193 g/mol. The van der Waals surface area contributed by atoms with Crippen LogP contribution in [-0.4, -0.2) is 13.7 Å². The highest BCUT2D eigenvalue weighted by Crippen LogP contribution is 2.25. The molecule has 0 radical (unpaired) electrons. The zero-order valence-electron chi connectivity index (χ0n) is 5.89. The van der Waals surface area contributed by atoms with Gasteiger partial charge in [-0.15, -0.1) is 11.3 Å². The minimum Gasteiger partial charge on any atom is -0.245 e. The van der Waals surface area contributed by atoms with E-state index >= 15 is 0 Å². The molecule has 0 amide bonds. The summed E-state index contributed by atoms with van der Waals surface area (Å²) < 4.78 is 9.52. The Kier molecular flexibility index (Phi) is 1.19. The van der Waals surface area contributed by atoms with Crippen LogP contribution in [0.3, 0.4) is 0 Å². The normalized spacial score (nSPS) is 11.3. The molecule has 0 fully saturated rings. The molecule has 0 unspecified atom stereocenters. The van der Waals surface area contributed by atoms with Crippen molar-refractivity contribution in [3.8, 4) is 0 Å². The lowest BCUT2D eigenvalue weighted by atomic mass is 10.3. The highest BCUT2D eigenvalue weighted by molar-refractivity contribution is 7.18. The SMILES string of the molecule is c1nc2ccc3nsnc3c2s1. The Hall–Kier alpha value is -1.07. The maximum absolute atomic E-state index is 4.22. The Labute approximate surface area is 76.0 Å².